The second kappa shape index (κ2) is 2.49. The standard InChI is InChI=1S/C7H15NO2/c1-7(2)6(9)5(8)3-4-10-7/h5-6,9H,3-4,8H2,1-2H3. The Morgan fingerprint density at radius 3 is 2.60 bits per heavy atom. The first kappa shape index (κ1) is 7.98. The first-order valence-corrected chi connectivity index (χ1v) is 3.61. The molecule has 1 fully saturated rings. The third-order valence-electron chi connectivity index (χ3n) is 2.04. The van der Waals surface area contributed by atoms with Gasteiger partial charge in [0.2, 0.25) is 0 Å². The van der Waals surface area contributed by atoms with E-state index in [0.29, 0.717) is 6.61 Å². The van der Waals surface area contributed by atoms with Gasteiger partial charge < -0.3 is 15.6 Å². The van der Waals surface area contributed by atoms with Gasteiger partial charge in [0.05, 0.1) is 11.7 Å². The Labute approximate surface area is 61.2 Å². The van der Waals surface area contributed by atoms with E-state index >= 15 is 0 Å². The van der Waals surface area contributed by atoms with Crippen molar-refractivity contribution in [3.8, 4) is 0 Å². The predicted molar refractivity (Wildman–Crippen MR) is 38.6 cm³/mol. The lowest BCUT2D eigenvalue weighted by atomic mass is 9.91. The fourth-order valence-corrected chi connectivity index (χ4v) is 1.22. The Balaban J connectivity index is 2.60. The smallest absolute Gasteiger partial charge is 0.0975 e. The molecule has 0 amide bonds. The molecule has 3 heteroatoms. The van der Waals surface area contributed by atoms with E-state index in [4.69, 9.17) is 10.5 Å². The Hall–Kier alpha value is -0.120. The van der Waals surface area contributed by atoms with Crippen molar-refractivity contribution in [2.75, 3.05) is 6.61 Å². The minimum absolute atomic E-state index is 0.122. The number of hydrogen-bond acceptors (Lipinski definition) is 3. The van der Waals surface area contributed by atoms with Crippen LogP contribution in [0, 0.1) is 0 Å². The minimum atomic E-state index is -0.527. The van der Waals surface area contributed by atoms with Crippen molar-refractivity contribution in [2.45, 2.75) is 38.0 Å². The fraction of sp³-hybridized carbons (Fsp3) is 1.00. The van der Waals surface area contributed by atoms with Gasteiger partial charge in [-0.2, -0.15) is 0 Å². The molecule has 3 nitrogen and oxygen atoms in total. The topological polar surface area (TPSA) is 55.5 Å². The molecule has 0 bridgehead atoms. The fourth-order valence-electron chi connectivity index (χ4n) is 1.22. The van der Waals surface area contributed by atoms with E-state index in [1.54, 1.807) is 0 Å². The maximum absolute atomic E-state index is 9.46. The average molecular weight is 145 g/mol. The van der Waals surface area contributed by atoms with Crippen LogP contribution >= 0.6 is 0 Å². The summed E-state index contributed by atoms with van der Waals surface area (Å²) in [5.41, 5.74) is 5.16. The van der Waals surface area contributed by atoms with E-state index in [-0.39, 0.29) is 6.04 Å². The third kappa shape index (κ3) is 1.31. The van der Waals surface area contributed by atoms with Gasteiger partial charge in [-0.15, -0.1) is 0 Å². The van der Waals surface area contributed by atoms with Crippen LogP contribution in [0.1, 0.15) is 20.3 Å². The Bertz CT molecular complexity index is 125. The second-order valence-electron chi connectivity index (χ2n) is 3.35. The molecule has 1 aliphatic rings. The van der Waals surface area contributed by atoms with Gasteiger partial charge in [-0.05, 0) is 20.3 Å². The molecule has 2 unspecified atom stereocenters. The van der Waals surface area contributed by atoms with Crippen molar-refractivity contribution < 1.29 is 9.84 Å². The molecule has 0 spiro atoms. The molecule has 0 aromatic carbocycles. The van der Waals surface area contributed by atoms with E-state index in [0.717, 1.165) is 6.42 Å². The summed E-state index contributed by atoms with van der Waals surface area (Å²) in [6.07, 6.45) is 0.228. The monoisotopic (exact) mass is 145 g/mol. The molecular formula is C7H15NO2. The van der Waals surface area contributed by atoms with Crippen molar-refractivity contribution in [3.63, 3.8) is 0 Å². The number of aliphatic hydroxyl groups is 1. The molecule has 0 aliphatic carbocycles. The van der Waals surface area contributed by atoms with Crippen LogP contribution in [-0.2, 0) is 4.74 Å². The van der Waals surface area contributed by atoms with Crippen molar-refractivity contribution in [1.29, 1.82) is 0 Å². The van der Waals surface area contributed by atoms with Gasteiger partial charge >= 0.3 is 0 Å². The zero-order chi connectivity index (χ0) is 7.78. The quantitative estimate of drug-likeness (QED) is 0.499. The summed E-state index contributed by atoms with van der Waals surface area (Å²) in [7, 11) is 0. The lowest BCUT2D eigenvalue weighted by Gasteiger charge is -2.38. The lowest BCUT2D eigenvalue weighted by molar-refractivity contribution is -0.140. The predicted octanol–water partition coefficient (Wildman–Crippen LogP) is -0.126. The van der Waals surface area contributed by atoms with Crippen molar-refractivity contribution in [1.82, 2.24) is 0 Å². The summed E-state index contributed by atoms with van der Waals surface area (Å²) in [5, 5.41) is 9.46. The highest BCUT2D eigenvalue weighted by molar-refractivity contribution is 4.90. The second-order valence-corrected chi connectivity index (χ2v) is 3.35. The molecule has 0 saturated carbocycles. The Kier molecular flexibility index (Phi) is 1.99. The summed E-state index contributed by atoms with van der Waals surface area (Å²) in [4.78, 5) is 0. The van der Waals surface area contributed by atoms with Crippen LogP contribution in [0.15, 0.2) is 0 Å². The molecule has 1 aliphatic heterocycles. The number of ether oxygens (including phenoxy) is 1. The lowest BCUT2D eigenvalue weighted by Crippen LogP contribution is -2.54. The summed E-state index contributed by atoms with van der Waals surface area (Å²) in [6, 6.07) is -0.122. The molecule has 1 heterocycles. The molecule has 2 atom stereocenters. The zero-order valence-electron chi connectivity index (χ0n) is 6.50. The van der Waals surface area contributed by atoms with Crippen LogP contribution in [0.5, 0.6) is 0 Å². The van der Waals surface area contributed by atoms with Gasteiger partial charge in [0.1, 0.15) is 0 Å². The average Bonchev–Trinajstić information content (AvgIpc) is 1.83. The first-order valence-electron chi connectivity index (χ1n) is 3.61. The largest absolute Gasteiger partial charge is 0.389 e. The SMILES string of the molecule is CC1(C)OCCC(N)C1O. The van der Waals surface area contributed by atoms with Gasteiger partial charge in [-0.25, -0.2) is 0 Å². The minimum Gasteiger partial charge on any atom is -0.389 e. The summed E-state index contributed by atoms with van der Waals surface area (Å²) in [5.74, 6) is 0. The summed E-state index contributed by atoms with van der Waals surface area (Å²) >= 11 is 0. The molecule has 60 valence electrons. The van der Waals surface area contributed by atoms with Gasteiger partial charge in [-0.1, -0.05) is 0 Å². The van der Waals surface area contributed by atoms with Gasteiger partial charge in [0.15, 0.2) is 0 Å². The van der Waals surface area contributed by atoms with Crippen molar-refractivity contribution >= 4 is 0 Å². The van der Waals surface area contributed by atoms with Crippen LogP contribution in [0.4, 0.5) is 0 Å². The van der Waals surface area contributed by atoms with E-state index in [9.17, 15) is 5.11 Å². The molecule has 1 rings (SSSR count). The first-order chi connectivity index (χ1) is 4.54. The van der Waals surface area contributed by atoms with Gasteiger partial charge in [0.25, 0.3) is 0 Å². The molecule has 3 N–H and O–H groups in total. The highest BCUT2D eigenvalue weighted by atomic mass is 16.5. The highest BCUT2D eigenvalue weighted by Gasteiger charge is 2.36. The van der Waals surface area contributed by atoms with Crippen LogP contribution < -0.4 is 5.73 Å². The summed E-state index contributed by atoms with van der Waals surface area (Å²) in [6.45, 7) is 4.37. The summed E-state index contributed by atoms with van der Waals surface area (Å²) < 4.78 is 5.32. The molecule has 10 heavy (non-hydrogen) atoms. The van der Waals surface area contributed by atoms with Crippen LogP contribution in [0.25, 0.3) is 0 Å². The molecule has 0 radical (unpaired) electrons. The van der Waals surface area contributed by atoms with Crippen LogP contribution in [0.2, 0.25) is 0 Å². The number of hydrogen-bond donors (Lipinski definition) is 2. The molecule has 0 aromatic heterocycles. The molecule has 0 aromatic rings. The van der Waals surface area contributed by atoms with Crippen LogP contribution in [-0.4, -0.2) is 29.5 Å². The van der Waals surface area contributed by atoms with E-state index in [1.807, 2.05) is 13.8 Å². The highest BCUT2D eigenvalue weighted by Crippen LogP contribution is 2.23. The maximum atomic E-state index is 9.46. The number of rotatable bonds is 0. The van der Waals surface area contributed by atoms with Crippen molar-refractivity contribution in [2.24, 2.45) is 5.73 Å². The third-order valence-corrected chi connectivity index (χ3v) is 2.04. The van der Waals surface area contributed by atoms with Crippen molar-refractivity contribution in [3.05, 3.63) is 0 Å². The Morgan fingerprint density at radius 2 is 2.20 bits per heavy atom. The maximum Gasteiger partial charge on any atom is 0.0975 e. The number of aliphatic hydroxyl groups excluding tert-OH is 1. The van der Waals surface area contributed by atoms with E-state index < -0.39 is 11.7 Å². The van der Waals surface area contributed by atoms with Gasteiger partial charge in [-0.3, -0.25) is 0 Å². The van der Waals surface area contributed by atoms with E-state index in [2.05, 4.69) is 0 Å². The molecule has 1 saturated heterocycles. The zero-order valence-corrected chi connectivity index (χ0v) is 6.50. The molecular weight excluding hydrogens is 130 g/mol. The Morgan fingerprint density at radius 1 is 1.60 bits per heavy atom. The number of nitrogens with two attached hydrogens (primary N) is 1. The van der Waals surface area contributed by atoms with Gasteiger partial charge in [0, 0.05) is 12.6 Å². The van der Waals surface area contributed by atoms with E-state index in [1.165, 1.54) is 0 Å². The van der Waals surface area contributed by atoms with Crippen LogP contribution in [0.3, 0.4) is 0 Å². The normalized spacial score (nSPS) is 39.6.